The number of pyridine rings is 1. The summed E-state index contributed by atoms with van der Waals surface area (Å²) in [6, 6.07) is 6.55. The van der Waals surface area contributed by atoms with Gasteiger partial charge in [-0.05, 0) is 69.2 Å². The largest absolute Gasteiger partial charge is 0.373 e. The van der Waals surface area contributed by atoms with Gasteiger partial charge in [-0.25, -0.2) is 9.45 Å². The second kappa shape index (κ2) is 8.67. The maximum atomic E-state index is 14.8. The Morgan fingerprint density at radius 1 is 1.16 bits per heavy atom. The molecule has 0 saturated heterocycles. The SMILES string of the molecule is Cn1c(Nc2ccc(C3CC3)cc2F)c2c(cc1=O)CCN(OCCOC(C)(C)C)C2=O. The van der Waals surface area contributed by atoms with Crippen LogP contribution in [-0.4, -0.2) is 40.9 Å². The number of carbonyl (C=O) groups is 1. The smallest absolute Gasteiger partial charge is 0.281 e. The summed E-state index contributed by atoms with van der Waals surface area (Å²) in [5, 5.41) is 4.28. The number of halogens is 1. The fourth-order valence-electron chi connectivity index (χ4n) is 3.83. The zero-order valence-corrected chi connectivity index (χ0v) is 19.0. The molecule has 0 spiro atoms. The number of hydroxylamine groups is 2. The molecule has 0 bridgehead atoms. The molecule has 1 aromatic carbocycles. The van der Waals surface area contributed by atoms with E-state index < -0.39 is 5.82 Å². The summed E-state index contributed by atoms with van der Waals surface area (Å²) in [5.74, 6) is -0.0815. The second-order valence-corrected chi connectivity index (χ2v) is 9.38. The van der Waals surface area contributed by atoms with Gasteiger partial charge in [-0.2, -0.15) is 0 Å². The molecule has 0 atom stereocenters. The van der Waals surface area contributed by atoms with Gasteiger partial charge >= 0.3 is 0 Å². The first-order valence-electron chi connectivity index (χ1n) is 11.0. The van der Waals surface area contributed by atoms with Crippen LogP contribution in [0.1, 0.15) is 61.0 Å². The van der Waals surface area contributed by atoms with E-state index in [9.17, 15) is 14.0 Å². The molecule has 7 nitrogen and oxygen atoms in total. The summed E-state index contributed by atoms with van der Waals surface area (Å²) < 4.78 is 21.8. The maximum absolute atomic E-state index is 14.8. The van der Waals surface area contributed by atoms with Crippen molar-refractivity contribution in [2.75, 3.05) is 25.1 Å². The molecule has 2 heterocycles. The van der Waals surface area contributed by atoms with Gasteiger partial charge in [-0.3, -0.25) is 19.0 Å². The third kappa shape index (κ3) is 4.86. The number of hydrogen-bond acceptors (Lipinski definition) is 5. The van der Waals surface area contributed by atoms with Gasteiger partial charge in [0.15, 0.2) is 0 Å². The predicted molar refractivity (Wildman–Crippen MR) is 120 cm³/mol. The number of amides is 1. The Bertz CT molecular complexity index is 1090. The third-order valence-corrected chi connectivity index (χ3v) is 5.71. The Morgan fingerprint density at radius 3 is 2.56 bits per heavy atom. The summed E-state index contributed by atoms with van der Waals surface area (Å²) in [4.78, 5) is 31.4. The minimum Gasteiger partial charge on any atom is -0.373 e. The van der Waals surface area contributed by atoms with Crippen molar-refractivity contribution >= 4 is 17.4 Å². The van der Waals surface area contributed by atoms with E-state index in [-0.39, 0.29) is 35.2 Å². The topological polar surface area (TPSA) is 72.8 Å². The van der Waals surface area contributed by atoms with Crippen LogP contribution in [0.5, 0.6) is 0 Å². The Hall–Kier alpha value is -2.71. The maximum Gasteiger partial charge on any atom is 0.281 e. The van der Waals surface area contributed by atoms with Gasteiger partial charge in [-0.1, -0.05) is 6.07 Å². The van der Waals surface area contributed by atoms with Crippen LogP contribution in [0, 0.1) is 5.82 Å². The molecule has 1 amide bonds. The van der Waals surface area contributed by atoms with E-state index in [1.807, 2.05) is 26.8 Å². The van der Waals surface area contributed by atoms with Crippen molar-refractivity contribution in [3.63, 3.8) is 0 Å². The van der Waals surface area contributed by atoms with E-state index in [1.54, 1.807) is 13.1 Å². The molecule has 1 aliphatic carbocycles. The second-order valence-electron chi connectivity index (χ2n) is 9.38. The quantitative estimate of drug-likeness (QED) is 0.658. The van der Waals surface area contributed by atoms with E-state index >= 15 is 0 Å². The van der Waals surface area contributed by atoms with Crippen LogP contribution in [0.25, 0.3) is 0 Å². The van der Waals surface area contributed by atoms with Crippen molar-refractivity contribution in [2.24, 2.45) is 7.05 Å². The van der Waals surface area contributed by atoms with Crippen molar-refractivity contribution < 1.29 is 18.8 Å². The molecular formula is C24H30FN3O4. The molecule has 4 rings (SSSR count). The van der Waals surface area contributed by atoms with Gasteiger partial charge < -0.3 is 10.1 Å². The minimum atomic E-state index is -0.407. The van der Waals surface area contributed by atoms with Crippen LogP contribution in [0.15, 0.2) is 29.1 Å². The first-order chi connectivity index (χ1) is 15.1. The van der Waals surface area contributed by atoms with Crippen LogP contribution in [0.3, 0.4) is 0 Å². The number of benzene rings is 1. The van der Waals surface area contributed by atoms with Crippen LogP contribution < -0.4 is 10.9 Å². The highest BCUT2D eigenvalue weighted by molar-refractivity contribution is 6.01. The lowest BCUT2D eigenvalue weighted by molar-refractivity contribution is -0.148. The summed E-state index contributed by atoms with van der Waals surface area (Å²) in [6.07, 6.45) is 2.63. The number of ether oxygens (including phenoxy) is 1. The number of hydrogen-bond donors (Lipinski definition) is 1. The molecule has 2 aliphatic rings. The lowest BCUT2D eigenvalue weighted by Gasteiger charge is -2.30. The van der Waals surface area contributed by atoms with Crippen LogP contribution >= 0.6 is 0 Å². The highest BCUT2D eigenvalue weighted by Gasteiger charge is 2.31. The zero-order valence-electron chi connectivity index (χ0n) is 19.0. The minimum absolute atomic E-state index is 0.224. The number of rotatable bonds is 7. The molecule has 8 heteroatoms. The van der Waals surface area contributed by atoms with Gasteiger partial charge in [0.1, 0.15) is 11.6 Å². The number of carbonyl (C=O) groups excluding carboxylic acids is 1. The Labute approximate surface area is 187 Å². The Morgan fingerprint density at radius 2 is 1.91 bits per heavy atom. The fraction of sp³-hybridized carbons (Fsp3) is 0.500. The fourth-order valence-corrected chi connectivity index (χ4v) is 3.83. The highest BCUT2D eigenvalue weighted by Crippen LogP contribution is 2.41. The van der Waals surface area contributed by atoms with Gasteiger partial charge in [0, 0.05) is 13.1 Å². The first-order valence-corrected chi connectivity index (χ1v) is 11.0. The number of fused-ring (bicyclic) bond motifs is 1. The highest BCUT2D eigenvalue weighted by atomic mass is 19.1. The van der Waals surface area contributed by atoms with Gasteiger partial charge in [0.2, 0.25) is 0 Å². The molecule has 0 unspecified atom stereocenters. The normalized spacial score (nSPS) is 16.3. The molecule has 172 valence electrons. The molecule has 0 radical (unpaired) electrons. The summed E-state index contributed by atoms with van der Waals surface area (Å²) >= 11 is 0. The molecule has 32 heavy (non-hydrogen) atoms. The molecule has 1 N–H and O–H groups in total. The van der Waals surface area contributed by atoms with Gasteiger partial charge in [-0.15, -0.1) is 0 Å². The van der Waals surface area contributed by atoms with Gasteiger partial charge in [0.05, 0.1) is 36.6 Å². The van der Waals surface area contributed by atoms with Crippen molar-refractivity contribution in [1.82, 2.24) is 9.63 Å². The zero-order chi connectivity index (χ0) is 23.0. The van der Waals surface area contributed by atoms with E-state index in [0.717, 1.165) is 18.4 Å². The van der Waals surface area contributed by atoms with Crippen molar-refractivity contribution in [2.45, 2.75) is 51.6 Å². The lowest BCUT2D eigenvalue weighted by atomic mass is 10.0. The average molecular weight is 444 g/mol. The van der Waals surface area contributed by atoms with Crippen LogP contribution in [0.4, 0.5) is 15.9 Å². The number of anilines is 2. The standard InChI is InChI=1S/C24H30FN3O4/c1-24(2,3)31-11-12-32-28-10-9-17-14-20(29)27(4)22(21(17)23(28)30)26-19-8-7-16(13-18(19)25)15-5-6-15/h7-8,13-15,26H,5-6,9-12H2,1-4H3. The van der Waals surface area contributed by atoms with Crippen LogP contribution in [0.2, 0.25) is 0 Å². The summed E-state index contributed by atoms with van der Waals surface area (Å²) in [5.41, 5.74) is 1.59. The summed E-state index contributed by atoms with van der Waals surface area (Å²) in [7, 11) is 1.56. The van der Waals surface area contributed by atoms with E-state index in [4.69, 9.17) is 9.57 Å². The molecular weight excluding hydrogens is 413 g/mol. The summed E-state index contributed by atoms with van der Waals surface area (Å²) in [6.45, 7) is 6.75. The van der Waals surface area contributed by atoms with E-state index in [2.05, 4.69) is 5.32 Å². The Kier molecular flexibility index (Phi) is 6.09. The molecule has 1 aromatic heterocycles. The first kappa shape index (κ1) is 22.5. The molecule has 1 aliphatic heterocycles. The Balaban J connectivity index is 1.57. The molecule has 1 fully saturated rings. The van der Waals surface area contributed by atoms with E-state index in [1.165, 1.54) is 21.8 Å². The number of aromatic nitrogens is 1. The molecule has 1 saturated carbocycles. The average Bonchev–Trinajstić information content (AvgIpc) is 3.56. The van der Waals surface area contributed by atoms with E-state index in [0.29, 0.717) is 36.6 Å². The predicted octanol–water partition coefficient (Wildman–Crippen LogP) is 3.89. The van der Waals surface area contributed by atoms with Gasteiger partial charge in [0.25, 0.3) is 11.5 Å². The third-order valence-electron chi connectivity index (χ3n) is 5.71. The number of nitrogens with one attached hydrogen (secondary N) is 1. The van der Waals surface area contributed by atoms with Crippen molar-refractivity contribution in [3.8, 4) is 0 Å². The van der Waals surface area contributed by atoms with Crippen molar-refractivity contribution in [3.05, 3.63) is 57.1 Å². The van der Waals surface area contributed by atoms with Crippen molar-refractivity contribution in [1.29, 1.82) is 0 Å². The monoisotopic (exact) mass is 443 g/mol. The molecule has 2 aromatic rings. The lowest BCUT2D eigenvalue weighted by Crippen LogP contribution is -2.41. The number of nitrogens with zero attached hydrogens (tertiary/aromatic N) is 2. The van der Waals surface area contributed by atoms with Crippen LogP contribution in [-0.2, 0) is 23.0 Å².